The highest BCUT2D eigenvalue weighted by Crippen LogP contribution is 2.41. The maximum Gasteiger partial charge on any atom is 0.295 e. The van der Waals surface area contributed by atoms with Crippen LogP contribution in [0.5, 0.6) is 0 Å². The summed E-state index contributed by atoms with van der Waals surface area (Å²) in [6, 6.07) is 4.13. The van der Waals surface area contributed by atoms with Crippen molar-refractivity contribution in [3.63, 3.8) is 0 Å². The number of carbonyl (C=O) groups is 1. The fourth-order valence-corrected chi connectivity index (χ4v) is 5.10. The molecule has 2 aromatic heterocycles. The molecule has 2 aromatic rings. The molecule has 1 saturated carbocycles. The zero-order valence-corrected chi connectivity index (χ0v) is 15.2. The second-order valence-corrected chi connectivity index (χ2v) is 8.16. The third-order valence-corrected chi connectivity index (χ3v) is 6.76. The van der Waals surface area contributed by atoms with Gasteiger partial charge in [0.05, 0.1) is 12.9 Å². The Morgan fingerprint density at radius 1 is 1.25 bits per heavy atom. The topological polar surface area (TPSA) is 36.7 Å². The van der Waals surface area contributed by atoms with Gasteiger partial charge < -0.3 is 4.42 Å². The molecular formula is C19H24N2O2S. The van der Waals surface area contributed by atoms with E-state index in [1.54, 1.807) is 29.7 Å². The molecule has 128 valence electrons. The van der Waals surface area contributed by atoms with E-state index in [0.717, 1.165) is 11.5 Å². The van der Waals surface area contributed by atoms with Crippen LogP contribution < -0.4 is 4.90 Å². The highest BCUT2D eigenvalue weighted by molar-refractivity contribution is 7.16. The van der Waals surface area contributed by atoms with Crippen LogP contribution in [-0.4, -0.2) is 23.5 Å². The molecule has 0 atom stereocenters. The third-order valence-electron chi connectivity index (χ3n) is 5.49. The molecule has 0 radical (unpaired) electrons. The molecule has 0 unspecified atom stereocenters. The molecule has 3 heterocycles. The number of rotatable bonds is 2. The van der Waals surface area contributed by atoms with E-state index in [2.05, 4.69) is 18.7 Å². The number of anilines is 1. The Labute approximate surface area is 147 Å². The van der Waals surface area contributed by atoms with E-state index in [9.17, 15) is 4.79 Å². The van der Waals surface area contributed by atoms with Crippen molar-refractivity contribution in [2.75, 3.05) is 11.6 Å². The minimum atomic E-state index is -0.0250. The molecule has 0 bridgehead atoms. The maximum atomic E-state index is 13.0. The lowest BCUT2D eigenvalue weighted by atomic mass is 9.93. The maximum absolute atomic E-state index is 13.0. The van der Waals surface area contributed by atoms with Gasteiger partial charge in [0.15, 0.2) is 5.76 Å². The summed E-state index contributed by atoms with van der Waals surface area (Å²) in [5.74, 6) is 0.401. The molecule has 0 spiro atoms. The van der Waals surface area contributed by atoms with E-state index in [-0.39, 0.29) is 5.91 Å². The molecule has 0 aromatic carbocycles. The first-order chi connectivity index (χ1) is 11.6. The van der Waals surface area contributed by atoms with Crippen LogP contribution in [0, 0.1) is 13.8 Å². The normalized spacial score (nSPS) is 19.5. The molecule has 1 fully saturated rings. The molecule has 2 aliphatic rings. The summed E-state index contributed by atoms with van der Waals surface area (Å²) in [6.45, 7) is 5.98. The second-order valence-electron chi connectivity index (χ2n) is 6.96. The highest BCUT2D eigenvalue weighted by atomic mass is 32.1. The number of fused-ring (bicyclic) bond motifs is 1. The molecule has 1 aliphatic carbocycles. The zero-order valence-electron chi connectivity index (χ0n) is 14.4. The summed E-state index contributed by atoms with van der Waals surface area (Å²) in [4.78, 5) is 18.7. The number of nitrogens with zero attached hydrogens (tertiary/aromatic N) is 2. The number of hydrogen-bond acceptors (Lipinski definition) is 4. The van der Waals surface area contributed by atoms with Crippen LogP contribution in [0.3, 0.4) is 0 Å². The SMILES string of the molecule is Cc1sc2c(c1C)CN(C1CCCCC1)CN2C(=O)c1ccco1. The zero-order chi connectivity index (χ0) is 16.7. The van der Waals surface area contributed by atoms with Crippen molar-refractivity contribution in [1.29, 1.82) is 0 Å². The molecule has 1 aliphatic heterocycles. The van der Waals surface area contributed by atoms with Crippen LogP contribution in [0.25, 0.3) is 0 Å². The van der Waals surface area contributed by atoms with Crippen molar-refractivity contribution in [3.8, 4) is 0 Å². The van der Waals surface area contributed by atoms with E-state index < -0.39 is 0 Å². The van der Waals surface area contributed by atoms with Crippen LogP contribution in [0.1, 0.15) is 58.7 Å². The summed E-state index contributed by atoms with van der Waals surface area (Å²) in [6.07, 6.45) is 8.04. The predicted molar refractivity (Wildman–Crippen MR) is 96.6 cm³/mol. The Morgan fingerprint density at radius 2 is 2.04 bits per heavy atom. The number of amides is 1. The molecule has 4 nitrogen and oxygen atoms in total. The Morgan fingerprint density at radius 3 is 2.75 bits per heavy atom. The van der Waals surface area contributed by atoms with Crippen LogP contribution in [0.15, 0.2) is 22.8 Å². The lowest BCUT2D eigenvalue weighted by Gasteiger charge is -2.41. The molecule has 5 heteroatoms. The summed E-state index contributed by atoms with van der Waals surface area (Å²) < 4.78 is 5.38. The van der Waals surface area contributed by atoms with Gasteiger partial charge in [0.1, 0.15) is 5.00 Å². The van der Waals surface area contributed by atoms with Crippen molar-refractivity contribution in [3.05, 3.63) is 40.2 Å². The number of thiophene rings is 1. The Bertz CT molecular complexity index is 729. The second kappa shape index (κ2) is 6.37. The minimum Gasteiger partial charge on any atom is -0.459 e. The molecule has 0 N–H and O–H groups in total. The van der Waals surface area contributed by atoms with E-state index in [1.807, 2.05) is 4.90 Å². The van der Waals surface area contributed by atoms with Gasteiger partial charge in [-0.1, -0.05) is 19.3 Å². The van der Waals surface area contributed by atoms with Crippen LogP contribution in [0.2, 0.25) is 0 Å². The number of furan rings is 1. The Kier molecular flexibility index (Phi) is 4.22. The van der Waals surface area contributed by atoms with Crippen LogP contribution in [0.4, 0.5) is 5.00 Å². The van der Waals surface area contributed by atoms with Crippen molar-refractivity contribution in [2.45, 2.75) is 58.5 Å². The van der Waals surface area contributed by atoms with Gasteiger partial charge >= 0.3 is 0 Å². The van der Waals surface area contributed by atoms with Gasteiger partial charge in [-0.15, -0.1) is 11.3 Å². The lowest BCUT2D eigenvalue weighted by molar-refractivity contribution is 0.0890. The first-order valence-electron chi connectivity index (χ1n) is 8.83. The van der Waals surface area contributed by atoms with Gasteiger partial charge in [-0.2, -0.15) is 0 Å². The van der Waals surface area contributed by atoms with Crippen molar-refractivity contribution in [1.82, 2.24) is 4.90 Å². The smallest absolute Gasteiger partial charge is 0.295 e. The first-order valence-corrected chi connectivity index (χ1v) is 9.65. The quantitative estimate of drug-likeness (QED) is 0.791. The largest absolute Gasteiger partial charge is 0.459 e. The van der Waals surface area contributed by atoms with Gasteiger partial charge in [0.2, 0.25) is 0 Å². The van der Waals surface area contributed by atoms with Crippen LogP contribution in [-0.2, 0) is 6.54 Å². The monoisotopic (exact) mass is 344 g/mol. The van der Waals surface area contributed by atoms with E-state index >= 15 is 0 Å². The van der Waals surface area contributed by atoms with Crippen molar-refractivity contribution in [2.24, 2.45) is 0 Å². The van der Waals surface area contributed by atoms with E-state index in [0.29, 0.717) is 18.5 Å². The molecule has 24 heavy (non-hydrogen) atoms. The number of hydrogen-bond donors (Lipinski definition) is 0. The summed E-state index contributed by atoms with van der Waals surface area (Å²) in [7, 11) is 0. The lowest BCUT2D eigenvalue weighted by Crippen LogP contribution is -2.49. The fraction of sp³-hybridized carbons (Fsp3) is 0.526. The van der Waals surface area contributed by atoms with Crippen molar-refractivity contribution >= 4 is 22.2 Å². The fourth-order valence-electron chi connectivity index (χ4n) is 3.94. The third kappa shape index (κ3) is 2.70. The Balaban J connectivity index is 1.69. The van der Waals surface area contributed by atoms with Gasteiger partial charge in [-0.25, -0.2) is 0 Å². The van der Waals surface area contributed by atoms with E-state index in [4.69, 9.17) is 4.42 Å². The molecule has 1 amide bonds. The Hall–Kier alpha value is -1.59. The van der Waals surface area contributed by atoms with Gasteiger partial charge in [0.25, 0.3) is 5.91 Å². The molecule has 0 saturated heterocycles. The highest BCUT2D eigenvalue weighted by Gasteiger charge is 2.35. The average Bonchev–Trinajstić information content (AvgIpc) is 3.24. The predicted octanol–water partition coefficient (Wildman–Crippen LogP) is 4.71. The van der Waals surface area contributed by atoms with Gasteiger partial charge in [-0.3, -0.25) is 14.6 Å². The van der Waals surface area contributed by atoms with Crippen LogP contribution >= 0.6 is 11.3 Å². The van der Waals surface area contributed by atoms with Gasteiger partial charge in [0, 0.05) is 23.0 Å². The summed E-state index contributed by atoms with van der Waals surface area (Å²) in [5.41, 5.74) is 2.67. The number of aryl methyl sites for hydroxylation is 1. The number of carbonyl (C=O) groups excluding carboxylic acids is 1. The molecular weight excluding hydrogens is 320 g/mol. The summed E-state index contributed by atoms with van der Waals surface area (Å²) in [5, 5.41) is 1.11. The minimum absolute atomic E-state index is 0.0250. The van der Waals surface area contributed by atoms with E-state index in [1.165, 1.54) is 48.1 Å². The standard InChI is InChI=1S/C19H24N2O2S/c1-13-14(2)24-19-16(13)11-20(15-7-4-3-5-8-15)12-21(19)18(22)17-9-6-10-23-17/h6,9-10,15H,3-5,7-8,11-12H2,1-2H3. The van der Waals surface area contributed by atoms with Gasteiger partial charge in [-0.05, 0) is 44.4 Å². The first kappa shape index (κ1) is 15.9. The van der Waals surface area contributed by atoms with Crippen molar-refractivity contribution < 1.29 is 9.21 Å². The molecule has 4 rings (SSSR count). The summed E-state index contributed by atoms with van der Waals surface area (Å²) >= 11 is 1.74. The average molecular weight is 344 g/mol.